The molecule has 138 valence electrons. The molecule has 2 amide bonds. The number of nitrogens with two attached hydrogens (primary N) is 2. The van der Waals surface area contributed by atoms with Crippen molar-refractivity contribution in [3.63, 3.8) is 0 Å². The fraction of sp³-hybridized carbons (Fsp3) is 0.100. The van der Waals surface area contributed by atoms with Crippen molar-refractivity contribution in [2.75, 3.05) is 7.11 Å². The second-order valence-electron chi connectivity index (χ2n) is 5.74. The third kappa shape index (κ3) is 4.09. The van der Waals surface area contributed by atoms with Gasteiger partial charge in [0.1, 0.15) is 0 Å². The number of hydrogen-bond donors (Lipinski definition) is 2. The minimum atomic E-state index is -0.661. The van der Waals surface area contributed by atoms with E-state index in [0.717, 1.165) is 10.4 Å². The van der Waals surface area contributed by atoms with Gasteiger partial charge in [-0.1, -0.05) is 36.4 Å². The van der Waals surface area contributed by atoms with Crippen LogP contribution in [-0.2, 0) is 6.42 Å². The molecule has 1 aromatic heterocycles. The maximum Gasteiger partial charge on any atom is 0.253 e. The maximum absolute atomic E-state index is 11.9. The monoisotopic (exact) mass is 382 g/mol. The third-order valence-electron chi connectivity index (χ3n) is 3.89. The Labute approximate surface area is 160 Å². The number of amides is 2. The number of hydrogen-bond acceptors (Lipinski definition) is 5. The van der Waals surface area contributed by atoms with Gasteiger partial charge in [-0.3, -0.25) is 9.59 Å². The lowest BCUT2D eigenvalue weighted by atomic mass is 10.1. The van der Waals surface area contributed by atoms with Crippen molar-refractivity contribution in [1.29, 1.82) is 0 Å². The van der Waals surface area contributed by atoms with E-state index < -0.39 is 11.8 Å². The molecular formula is C20H18N2O4S. The molecule has 0 spiro atoms. The Balaban J connectivity index is 2.00. The van der Waals surface area contributed by atoms with Crippen LogP contribution in [0.1, 0.15) is 31.2 Å². The Bertz CT molecular complexity index is 983. The Kier molecular flexibility index (Phi) is 5.42. The number of thiophene rings is 1. The highest BCUT2D eigenvalue weighted by molar-refractivity contribution is 7.14. The molecule has 0 saturated heterocycles. The molecule has 0 saturated carbocycles. The van der Waals surface area contributed by atoms with Gasteiger partial charge in [-0.25, -0.2) is 0 Å². The van der Waals surface area contributed by atoms with Crippen molar-refractivity contribution >= 4 is 23.2 Å². The van der Waals surface area contributed by atoms with Gasteiger partial charge in [0.05, 0.1) is 18.2 Å². The summed E-state index contributed by atoms with van der Waals surface area (Å²) in [6.07, 6.45) is 0.629. The summed E-state index contributed by atoms with van der Waals surface area (Å²) in [6.45, 7) is 0. The number of benzene rings is 2. The highest BCUT2D eigenvalue weighted by Gasteiger charge is 2.21. The SMILES string of the molecule is COc1cccc(C(N)=O)c1Oc1sc(Cc2ccccc2)cc1C(N)=O. The highest BCUT2D eigenvalue weighted by atomic mass is 32.1. The summed E-state index contributed by atoms with van der Waals surface area (Å²) < 4.78 is 11.2. The van der Waals surface area contributed by atoms with Crippen LogP contribution in [0.3, 0.4) is 0 Å². The van der Waals surface area contributed by atoms with Gasteiger partial charge in [-0.2, -0.15) is 0 Å². The first-order valence-electron chi connectivity index (χ1n) is 8.10. The van der Waals surface area contributed by atoms with Crippen molar-refractivity contribution in [1.82, 2.24) is 0 Å². The molecule has 0 aliphatic rings. The standard InChI is InChI=1S/C20H18N2O4S/c1-25-16-9-5-8-14(18(21)23)17(16)26-20-15(19(22)24)11-13(27-20)10-12-6-3-2-4-7-12/h2-9,11H,10H2,1H3,(H2,21,23)(H2,22,24). The molecule has 2 aromatic carbocycles. The Morgan fingerprint density at radius 2 is 1.67 bits per heavy atom. The van der Waals surface area contributed by atoms with E-state index in [4.69, 9.17) is 20.9 Å². The minimum absolute atomic E-state index is 0.155. The summed E-state index contributed by atoms with van der Waals surface area (Å²) in [7, 11) is 1.46. The Morgan fingerprint density at radius 3 is 2.30 bits per heavy atom. The van der Waals surface area contributed by atoms with Crippen LogP contribution >= 0.6 is 11.3 Å². The van der Waals surface area contributed by atoms with Gasteiger partial charge < -0.3 is 20.9 Å². The molecule has 7 heteroatoms. The number of carbonyl (C=O) groups is 2. The van der Waals surface area contributed by atoms with E-state index >= 15 is 0 Å². The molecule has 6 nitrogen and oxygen atoms in total. The number of para-hydroxylation sites is 1. The van der Waals surface area contributed by atoms with Gasteiger partial charge in [-0.05, 0) is 23.8 Å². The largest absolute Gasteiger partial charge is 0.493 e. The van der Waals surface area contributed by atoms with Crippen molar-refractivity contribution in [2.24, 2.45) is 11.5 Å². The van der Waals surface area contributed by atoms with Gasteiger partial charge in [-0.15, -0.1) is 11.3 Å². The topological polar surface area (TPSA) is 105 Å². The maximum atomic E-state index is 11.9. The molecule has 3 aromatic rings. The van der Waals surface area contributed by atoms with Gasteiger partial charge in [0, 0.05) is 11.3 Å². The lowest BCUT2D eigenvalue weighted by Gasteiger charge is -2.12. The molecule has 0 aliphatic carbocycles. The van der Waals surface area contributed by atoms with E-state index in [1.807, 2.05) is 30.3 Å². The molecule has 0 bridgehead atoms. The smallest absolute Gasteiger partial charge is 0.253 e. The minimum Gasteiger partial charge on any atom is -0.493 e. The van der Waals surface area contributed by atoms with Crippen LogP contribution in [0.2, 0.25) is 0 Å². The Morgan fingerprint density at radius 1 is 0.963 bits per heavy atom. The molecule has 0 unspecified atom stereocenters. The fourth-order valence-corrected chi connectivity index (χ4v) is 3.67. The number of primary amides is 2. The zero-order chi connectivity index (χ0) is 19.4. The average molecular weight is 382 g/mol. The van der Waals surface area contributed by atoms with Gasteiger partial charge in [0.25, 0.3) is 11.8 Å². The van der Waals surface area contributed by atoms with E-state index in [2.05, 4.69) is 0 Å². The molecule has 0 aliphatic heterocycles. The van der Waals surface area contributed by atoms with Crippen LogP contribution in [0.4, 0.5) is 0 Å². The Hall–Kier alpha value is -3.32. The lowest BCUT2D eigenvalue weighted by Crippen LogP contribution is -2.14. The molecule has 0 fully saturated rings. The fourth-order valence-electron chi connectivity index (χ4n) is 2.62. The summed E-state index contributed by atoms with van der Waals surface area (Å²) >= 11 is 1.29. The number of rotatable bonds is 7. The molecule has 1 heterocycles. The predicted molar refractivity (Wildman–Crippen MR) is 104 cm³/mol. The molecule has 27 heavy (non-hydrogen) atoms. The van der Waals surface area contributed by atoms with Crippen molar-refractivity contribution in [3.8, 4) is 16.6 Å². The normalized spacial score (nSPS) is 10.4. The summed E-state index contributed by atoms with van der Waals surface area (Å²) in [6, 6.07) is 16.3. The molecule has 4 N–H and O–H groups in total. The van der Waals surface area contributed by atoms with Crippen molar-refractivity contribution in [2.45, 2.75) is 6.42 Å². The third-order valence-corrected chi connectivity index (χ3v) is 4.91. The van der Waals surface area contributed by atoms with E-state index in [1.54, 1.807) is 18.2 Å². The first-order valence-corrected chi connectivity index (χ1v) is 8.92. The second kappa shape index (κ2) is 7.92. The lowest BCUT2D eigenvalue weighted by molar-refractivity contribution is 0.0993. The van der Waals surface area contributed by atoms with Crippen LogP contribution in [0.25, 0.3) is 0 Å². The first-order chi connectivity index (χ1) is 13.0. The summed E-state index contributed by atoms with van der Waals surface area (Å²) in [5.74, 6) is -0.787. The van der Waals surface area contributed by atoms with Gasteiger partial charge in [0.2, 0.25) is 0 Å². The van der Waals surface area contributed by atoms with Gasteiger partial charge >= 0.3 is 0 Å². The number of ether oxygens (including phenoxy) is 2. The molecular weight excluding hydrogens is 364 g/mol. The zero-order valence-electron chi connectivity index (χ0n) is 14.6. The van der Waals surface area contributed by atoms with Crippen LogP contribution in [-0.4, -0.2) is 18.9 Å². The predicted octanol–water partition coefficient (Wildman–Crippen LogP) is 3.34. The van der Waals surface area contributed by atoms with Crippen molar-refractivity contribution in [3.05, 3.63) is 76.2 Å². The van der Waals surface area contributed by atoms with Crippen LogP contribution in [0.15, 0.2) is 54.6 Å². The van der Waals surface area contributed by atoms with E-state index in [9.17, 15) is 9.59 Å². The van der Waals surface area contributed by atoms with Gasteiger partial charge in [0.15, 0.2) is 16.6 Å². The average Bonchev–Trinajstić information content (AvgIpc) is 3.05. The van der Waals surface area contributed by atoms with Crippen LogP contribution < -0.4 is 20.9 Å². The first kappa shape index (κ1) is 18.5. The van der Waals surface area contributed by atoms with Crippen LogP contribution in [0, 0.1) is 0 Å². The molecule has 3 rings (SSSR count). The highest BCUT2D eigenvalue weighted by Crippen LogP contribution is 2.40. The second-order valence-corrected chi connectivity index (χ2v) is 6.84. The van der Waals surface area contributed by atoms with Crippen LogP contribution in [0.5, 0.6) is 16.6 Å². The number of methoxy groups -OCH3 is 1. The number of carbonyl (C=O) groups excluding carboxylic acids is 2. The quantitative estimate of drug-likeness (QED) is 0.654. The van der Waals surface area contributed by atoms with E-state index in [-0.39, 0.29) is 16.9 Å². The molecule has 0 atom stereocenters. The van der Waals surface area contributed by atoms with E-state index in [1.165, 1.54) is 24.5 Å². The van der Waals surface area contributed by atoms with Crippen molar-refractivity contribution < 1.29 is 19.1 Å². The van der Waals surface area contributed by atoms with E-state index in [0.29, 0.717) is 17.2 Å². The molecule has 0 radical (unpaired) electrons. The zero-order valence-corrected chi connectivity index (χ0v) is 15.4. The summed E-state index contributed by atoms with van der Waals surface area (Å²) in [5.41, 5.74) is 12.4. The summed E-state index contributed by atoms with van der Waals surface area (Å²) in [4.78, 5) is 24.5. The summed E-state index contributed by atoms with van der Waals surface area (Å²) in [5, 5.41) is 0.292.